The third-order valence-corrected chi connectivity index (χ3v) is 9.34. The van der Waals surface area contributed by atoms with E-state index >= 15 is 4.39 Å². The van der Waals surface area contributed by atoms with Gasteiger partial charge in [0.05, 0.1) is 24.0 Å². The fourth-order valence-corrected chi connectivity index (χ4v) is 5.92. The van der Waals surface area contributed by atoms with Gasteiger partial charge in [0, 0.05) is 41.3 Å². The lowest BCUT2D eigenvalue weighted by Crippen LogP contribution is -2.45. The van der Waals surface area contributed by atoms with Crippen LogP contribution in [0.2, 0.25) is 5.02 Å². The monoisotopic (exact) mass is 855 g/mol. The van der Waals surface area contributed by atoms with Gasteiger partial charge in [0.1, 0.15) is 42.5 Å². The van der Waals surface area contributed by atoms with Gasteiger partial charge in [0.15, 0.2) is 6.61 Å². The molecule has 3 unspecified atom stereocenters. The molecule has 0 aliphatic heterocycles. The molecule has 0 aliphatic rings. The lowest BCUT2D eigenvalue weighted by molar-refractivity contribution is -0.753. The first-order valence-corrected chi connectivity index (χ1v) is 17.9. The molecule has 0 bridgehead atoms. The van der Waals surface area contributed by atoms with Crippen LogP contribution in [0, 0.1) is 11.6 Å². The van der Waals surface area contributed by atoms with Crippen molar-refractivity contribution in [1.29, 1.82) is 0 Å². The summed E-state index contributed by atoms with van der Waals surface area (Å²) in [4.78, 5) is 40.0. The van der Waals surface area contributed by atoms with Crippen LogP contribution in [0.3, 0.4) is 0 Å². The van der Waals surface area contributed by atoms with Crippen molar-refractivity contribution < 1.29 is 59.8 Å². The number of halogens is 7. The lowest BCUT2D eigenvalue weighted by Gasteiger charge is -2.32. The summed E-state index contributed by atoms with van der Waals surface area (Å²) in [6.45, 7) is 0.530. The summed E-state index contributed by atoms with van der Waals surface area (Å²) in [5.74, 6) is -7.19. The molecule has 1 amide bonds. The zero-order valence-corrected chi connectivity index (χ0v) is 32.5. The highest BCUT2D eigenvalue weighted by atomic mass is 35.5. The predicted molar refractivity (Wildman–Crippen MR) is 196 cm³/mol. The first-order chi connectivity index (χ1) is 27.8. The third-order valence-electron chi connectivity index (χ3n) is 9.10. The van der Waals surface area contributed by atoms with Crippen LogP contribution in [-0.2, 0) is 33.0 Å². The standard InChI is InChI=1S/C37H38ClF6N8O7/c1-22(52-34(54)51(20-47-52)27-8-10-28(11-9-27)58-18-37(43,44)33(41)42)36(56,29-12-7-26(39)14-30(29)40)17-50-21-49(19-46-50)23(2)59-35(55)48(4)31-13-25(38)6-5-24(31)16-57-32(53)15-45-3/h5-14,19-23,33,45,56H,15-18H2,1-4H3/q+1. The Morgan fingerprint density at radius 3 is 2.42 bits per heavy atom. The average Bonchev–Trinajstić information content (AvgIpc) is 3.82. The van der Waals surface area contributed by atoms with Crippen LogP contribution in [-0.4, -0.2) is 80.9 Å². The Bertz CT molecular complexity index is 2330. The number of nitrogens with zero attached hydrogens (tertiary/aromatic N) is 7. The fraction of sp³-hybridized carbons (Fsp3) is 0.351. The number of anilines is 1. The second kappa shape index (κ2) is 18.3. The number of ether oxygens (including phenoxy) is 3. The number of benzene rings is 3. The lowest BCUT2D eigenvalue weighted by atomic mass is 9.86. The van der Waals surface area contributed by atoms with Crippen LogP contribution < -0.4 is 25.2 Å². The second-order valence-corrected chi connectivity index (χ2v) is 13.6. The molecule has 2 aromatic heterocycles. The summed E-state index contributed by atoms with van der Waals surface area (Å²) in [7, 11) is 3.00. The number of esters is 1. The largest absolute Gasteiger partial charge is 0.487 e. The molecule has 5 aromatic rings. The van der Waals surface area contributed by atoms with E-state index in [4.69, 9.17) is 25.8 Å². The molecule has 0 spiro atoms. The summed E-state index contributed by atoms with van der Waals surface area (Å²) < 4.78 is 101. The number of hydrogen-bond acceptors (Lipinski definition) is 10. The molecule has 2 heterocycles. The molecule has 0 saturated carbocycles. The Balaban J connectivity index is 1.36. The Hall–Kier alpha value is -5.93. The van der Waals surface area contributed by atoms with Crippen LogP contribution in [0.1, 0.15) is 37.2 Å². The Morgan fingerprint density at radius 2 is 1.76 bits per heavy atom. The number of aromatic nitrogens is 6. The molecule has 316 valence electrons. The molecule has 59 heavy (non-hydrogen) atoms. The van der Waals surface area contributed by atoms with Crippen LogP contribution in [0.5, 0.6) is 5.75 Å². The summed E-state index contributed by atoms with van der Waals surface area (Å²) in [6.07, 6.45) is -2.16. The Kier molecular flexibility index (Phi) is 13.7. The molecule has 3 atom stereocenters. The molecule has 2 N–H and O–H groups in total. The van der Waals surface area contributed by atoms with Crippen molar-refractivity contribution in [3.05, 3.63) is 118 Å². The molecule has 3 aromatic carbocycles. The highest BCUT2D eigenvalue weighted by Crippen LogP contribution is 2.36. The highest BCUT2D eigenvalue weighted by molar-refractivity contribution is 6.31. The van der Waals surface area contributed by atoms with Gasteiger partial charge in [-0.1, -0.05) is 23.7 Å². The minimum Gasteiger partial charge on any atom is -0.487 e. The first kappa shape index (κ1) is 44.2. The SMILES string of the molecule is CNCC(=O)OCc1ccc(Cl)cc1N(C)C(=O)OC(C)[n+]1cnn(CC(O)(c2ccc(F)cc2F)C(C)n2ncn(-c3ccc(OCC(F)(F)C(F)F)cc3)c2=O)c1. The van der Waals surface area contributed by atoms with Gasteiger partial charge in [0.25, 0.3) is 6.33 Å². The van der Waals surface area contributed by atoms with E-state index in [0.29, 0.717) is 22.3 Å². The maximum atomic E-state index is 15.4. The maximum Gasteiger partial charge on any atom is 0.416 e. The van der Waals surface area contributed by atoms with Crippen molar-refractivity contribution in [1.82, 2.24) is 29.4 Å². The van der Waals surface area contributed by atoms with Crippen molar-refractivity contribution in [3.63, 3.8) is 0 Å². The molecular formula is C37H38ClF6N8O7+. The van der Waals surface area contributed by atoms with E-state index in [1.54, 1.807) is 19.2 Å². The Morgan fingerprint density at radius 1 is 1.05 bits per heavy atom. The normalized spacial score (nSPS) is 13.8. The molecule has 0 aliphatic carbocycles. The van der Waals surface area contributed by atoms with E-state index in [1.807, 2.05) is 0 Å². The van der Waals surface area contributed by atoms with Gasteiger partial charge >= 0.3 is 30.1 Å². The van der Waals surface area contributed by atoms with Gasteiger partial charge in [-0.3, -0.25) is 9.69 Å². The molecule has 5 rings (SSSR count). The smallest absolute Gasteiger partial charge is 0.416 e. The number of amides is 1. The van der Waals surface area contributed by atoms with Crippen LogP contribution in [0.25, 0.3) is 5.69 Å². The number of carbonyl (C=O) groups is 2. The average molecular weight is 856 g/mol. The van der Waals surface area contributed by atoms with Gasteiger partial charge in [0.2, 0.25) is 12.6 Å². The summed E-state index contributed by atoms with van der Waals surface area (Å²) >= 11 is 6.19. The molecule has 0 saturated heterocycles. The summed E-state index contributed by atoms with van der Waals surface area (Å²) in [5, 5.41) is 23.6. The highest BCUT2D eigenvalue weighted by Gasteiger charge is 2.44. The van der Waals surface area contributed by atoms with Gasteiger partial charge < -0.3 is 24.6 Å². The van der Waals surface area contributed by atoms with Crippen molar-refractivity contribution in [2.24, 2.45) is 0 Å². The number of hydrogen-bond donors (Lipinski definition) is 2. The zero-order valence-electron chi connectivity index (χ0n) is 31.7. The number of alkyl halides is 4. The van der Waals surface area contributed by atoms with Gasteiger partial charge in [-0.2, -0.15) is 18.4 Å². The third kappa shape index (κ3) is 10.2. The quantitative estimate of drug-likeness (QED) is 0.0747. The molecule has 22 heteroatoms. The fourth-order valence-electron chi connectivity index (χ4n) is 5.75. The van der Waals surface area contributed by atoms with Crippen LogP contribution in [0.4, 0.5) is 36.8 Å². The second-order valence-electron chi connectivity index (χ2n) is 13.2. The minimum absolute atomic E-state index is 0.0272. The molecular weight excluding hydrogens is 818 g/mol. The van der Waals surface area contributed by atoms with Gasteiger partial charge in [-0.25, -0.2) is 36.4 Å². The summed E-state index contributed by atoms with van der Waals surface area (Å²) in [6, 6.07) is 10.6. The predicted octanol–water partition coefficient (Wildman–Crippen LogP) is 4.93. The van der Waals surface area contributed by atoms with E-state index in [9.17, 15) is 41.4 Å². The molecule has 0 fully saturated rings. The maximum absolute atomic E-state index is 15.4. The zero-order chi connectivity index (χ0) is 43.2. The number of nitrogens with one attached hydrogen (secondary N) is 1. The van der Waals surface area contributed by atoms with E-state index in [0.717, 1.165) is 44.7 Å². The van der Waals surface area contributed by atoms with Gasteiger partial charge in [-0.05, 0) is 56.4 Å². The number of aliphatic hydroxyl groups is 1. The van der Waals surface area contributed by atoms with Crippen molar-refractivity contribution >= 4 is 29.4 Å². The Labute approximate surface area is 336 Å². The van der Waals surface area contributed by atoms with E-state index in [-0.39, 0.29) is 24.6 Å². The van der Waals surface area contributed by atoms with Crippen LogP contribution in [0.15, 0.2) is 84.4 Å². The number of rotatable bonds is 17. The first-order valence-electron chi connectivity index (χ1n) is 17.5. The van der Waals surface area contributed by atoms with Crippen molar-refractivity contribution in [3.8, 4) is 11.4 Å². The topological polar surface area (TPSA) is 159 Å². The summed E-state index contributed by atoms with van der Waals surface area (Å²) in [5.41, 5.74) is -2.74. The van der Waals surface area contributed by atoms with E-state index < -0.39 is 78.3 Å². The minimum atomic E-state index is -4.39. The van der Waals surface area contributed by atoms with Crippen molar-refractivity contribution in [2.75, 3.05) is 32.1 Å². The van der Waals surface area contributed by atoms with Crippen molar-refractivity contribution in [2.45, 2.75) is 57.2 Å². The van der Waals surface area contributed by atoms with Gasteiger partial charge in [-0.15, -0.1) is 4.68 Å². The van der Waals surface area contributed by atoms with E-state index in [2.05, 4.69) is 15.5 Å². The number of likely N-dealkylation sites (N-methyl/N-ethyl adjacent to an activating group) is 1. The molecule has 0 radical (unpaired) electrons. The van der Waals surface area contributed by atoms with E-state index in [1.165, 1.54) is 61.0 Å². The number of carbonyl (C=O) groups excluding carboxylic acids is 2. The molecule has 15 nitrogen and oxygen atoms in total. The van der Waals surface area contributed by atoms with Crippen LogP contribution >= 0.6 is 11.6 Å².